The summed E-state index contributed by atoms with van der Waals surface area (Å²) in [5.41, 5.74) is 8.45. The van der Waals surface area contributed by atoms with Crippen LogP contribution in [-0.2, 0) is 6.42 Å². The average molecular weight is 287 g/mol. The Bertz CT molecular complexity index is 581. The van der Waals surface area contributed by atoms with E-state index in [1.165, 1.54) is 0 Å². The Morgan fingerprint density at radius 1 is 0.857 bits per heavy atom. The fourth-order valence-corrected chi connectivity index (χ4v) is 2.23. The number of benzene rings is 2. The van der Waals surface area contributed by atoms with Crippen molar-refractivity contribution in [1.29, 1.82) is 0 Å². The molecular formula is C17H21NO3. The van der Waals surface area contributed by atoms with Crippen molar-refractivity contribution in [1.82, 2.24) is 0 Å². The molecule has 0 radical (unpaired) electrons. The van der Waals surface area contributed by atoms with Crippen molar-refractivity contribution in [2.24, 2.45) is 5.73 Å². The zero-order valence-electron chi connectivity index (χ0n) is 12.6. The van der Waals surface area contributed by atoms with E-state index in [0.717, 1.165) is 34.8 Å². The predicted molar refractivity (Wildman–Crippen MR) is 83.2 cm³/mol. The molecule has 4 nitrogen and oxygen atoms in total. The largest absolute Gasteiger partial charge is 0.497 e. The minimum absolute atomic E-state index is 0.0750. The molecule has 1 atom stereocenters. The molecule has 2 aromatic rings. The number of hydrogen-bond donors (Lipinski definition) is 1. The topological polar surface area (TPSA) is 53.7 Å². The Balaban J connectivity index is 2.12. The molecule has 0 aromatic heterocycles. The first kappa shape index (κ1) is 15.2. The maximum atomic E-state index is 6.27. The lowest BCUT2D eigenvalue weighted by Gasteiger charge is -2.14. The second-order valence-corrected chi connectivity index (χ2v) is 4.77. The third kappa shape index (κ3) is 3.67. The van der Waals surface area contributed by atoms with Gasteiger partial charge in [-0.25, -0.2) is 0 Å². The number of rotatable bonds is 6. The number of methoxy groups -OCH3 is 3. The molecule has 0 aliphatic heterocycles. The lowest BCUT2D eigenvalue weighted by Crippen LogP contribution is -2.13. The average Bonchev–Trinajstić information content (AvgIpc) is 2.54. The molecule has 21 heavy (non-hydrogen) atoms. The smallest absolute Gasteiger partial charge is 0.160 e. The summed E-state index contributed by atoms with van der Waals surface area (Å²) >= 11 is 0. The van der Waals surface area contributed by atoms with E-state index in [9.17, 15) is 0 Å². The molecule has 1 unspecified atom stereocenters. The lowest BCUT2D eigenvalue weighted by molar-refractivity contribution is 0.354. The fraction of sp³-hybridized carbons (Fsp3) is 0.294. The van der Waals surface area contributed by atoms with Gasteiger partial charge in [0.05, 0.1) is 21.3 Å². The van der Waals surface area contributed by atoms with Crippen molar-refractivity contribution in [3.8, 4) is 17.2 Å². The van der Waals surface area contributed by atoms with Gasteiger partial charge in [-0.3, -0.25) is 0 Å². The van der Waals surface area contributed by atoms with Crippen LogP contribution in [0.15, 0.2) is 42.5 Å². The predicted octanol–water partition coefficient (Wildman–Crippen LogP) is 2.95. The van der Waals surface area contributed by atoms with E-state index in [4.69, 9.17) is 19.9 Å². The zero-order valence-corrected chi connectivity index (χ0v) is 12.6. The molecule has 2 rings (SSSR count). The van der Waals surface area contributed by atoms with Gasteiger partial charge in [0.2, 0.25) is 0 Å². The normalized spacial score (nSPS) is 11.8. The molecule has 0 amide bonds. The van der Waals surface area contributed by atoms with Crippen molar-refractivity contribution in [2.75, 3.05) is 21.3 Å². The van der Waals surface area contributed by atoms with Crippen molar-refractivity contribution >= 4 is 0 Å². The van der Waals surface area contributed by atoms with E-state index in [1.807, 2.05) is 42.5 Å². The maximum Gasteiger partial charge on any atom is 0.160 e. The summed E-state index contributed by atoms with van der Waals surface area (Å²) in [5, 5.41) is 0. The van der Waals surface area contributed by atoms with Crippen LogP contribution in [0.25, 0.3) is 0 Å². The summed E-state index contributed by atoms with van der Waals surface area (Å²) in [4.78, 5) is 0. The molecule has 0 saturated heterocycles. The summed E-state index contributed by atoms with van der Waals surface area (Å²) in [6.07, 6.45) is 0.729. The van der Waals surface area contributed by atoms with Gasteiger partial charge in [-0.1, -0.05) is 18.2 Å². The van der Waals surface area contributed by atoms with Crippen molar-refractivity contribution in [3.05, 3.63) is 53.6 Å². The Morgan fingerprint density at radius 3 is 2.10 bits per heavy atom. The van der Waals surface area contributed by atoms with Crippen LogP contribution in [0.2, 0.25) is 0 Å². The monoisotopic (exact) mass is 287 g/mol. The van der Waals surface area contributed by atoms with E-state index in [-0.39, 0.29) is 6.04 Å². The van der Waals surface area contributed by atoms with Crippen LogP contribution in [0.1, 0.15) is 17.2 Å². The third-order valence-electron chi connectivity index (χ3n) is 3.45. The van der Waals surface area contributed by atoms with E-state index in [2.05, 4.69) is 0 Å². The van der Waals surface area contributed by atoms with Gasteiger partial charge in [0.1, 0.15) is 5.75 Å². The minimum Gasteiger partial charge on any atom is -0.497 e. The van der Waals surface area contributed by atoms with Crippen LogP contribution < -0.4 is 19.9 Å². The maximum absolute atomic E-state index is 6.27. The first-order valence-corrected chi connectivity index (χ1v) is 6.78. The van der Waals surface area contributed by atoms with Gasteiger partial charge in [-0.05, 0) is 41.8 Å². The summed E-state index contributed by atoms with van der Waals surface area (Å²) in [6.45, 7) is 0. The highest BCUT2D eigenvalue weighted by Gasteiger charge is 2.10. The van der Waals surface area contributed by atoms with Gasteiger partial charge in [0, 0.05) is 6.04 Å². The third-order valence-corrected chi connectivity index (χ3v) is 3.45. The molecule has 4 heteroatoms. The van der Waals surface area contributed by atoms with Crippen LogP contribution in [0.4, 0.5) is 0 Å². The van der Waals surface area contributed by atoms with Crippen LogP contribution in [0, 0.1) is 0 Å². The van der Waals surface area contributed by atoms with E-state index in [0.29, 0.717) is 0 Å². The van der Waals surface area contributed by atoms with Crippen molar-refractivity contribution in [2.45, 2.75) is 12.5 Å². The van der Waals surface area contributed by atoms with Crippen LogP contribution >= 0.6 is 0 Å². The summed E-state index contributed by atoms with van der Waals surface area (Å²) in [5.74, 6) is 2.27. The summed E-state index contributed by atoms with van der Waals surface area (Å²) in [7, 11) is 4.91. The van der Waals surface area contributed by atoms with Gasteiger partial charge in [-0.15, -0.1) is 0 Å². The SMILES string of the molecule is COc1ccc(C(N)Cc2ccc(OC)c(OC)c2)cc1. The number of ether oxygens (including phenoxy) is 3. The first-order valence-electron chi connectivity index (χ1n) is 6.78. The molecular weight excluding hydrogens is 266 g/mol. The molecule has 0 aliphatic carbocycles. The van der Waals surface area contributed by atoms with Crippen LogP contribution in [0.3, 0.4) is 0 Å². The molecule has 2 aromatic carbocycles. The Hall–Kier alpha value is -2.20. The first-order chi connectivity index (χ1) is 10.2. The molecule has 0 heterocycles. The van der Waals surface area contributed by atoms with E-state index < -0.39 is 0 Å². The fourth-order valence-electron chi connectivity index (χ4n) is 2.23. The standard InChI is InChI=1S/C17H21NO3/c1-19-14-7-5-13(6-8-14)15(18)10-12-4-9-16(20-2)17(11-12)21-3/h4-9,11,15H,10,18H2,1-3H3. The lowest BCUT2D eigenvalue weighted by atomic mass is 9.99. The van der Waals surface area contributed by atoms with Gasteiger partial charge >= 0.3 is 0 Å². The van der Waals surface area contributed by atoms with Gasteiger partial charge in [-0.2, -0.15) is 0 Å². The van der Waals surface area contributed by atoms with Gasteiger partial charge in [0.15, 0.2) is 11.5 Å². The summed E-state index contributed by atoms with van der Waals surface area (Å²) < 4.78 is 15.7. The second kappa shape index (κ2) is 6.99. The van der Waals surface area contributed by atoms with Crippen LogP contribution in [-0.4, -0.2) is 21.3 Å². The van der Waals surface area contributed by atoms with Crippen molar-refractivity contribution in [3.63, 3.8) is 0 Å². The zero-order chi connectivity index (χ0) is 15.2. The van der Waals surface area contributed by atoms with E-state index in [1.54, 1.807) is 21.3 Å². The number of nitrogens with two attached hydrogens (primary N) is 1. The highest BCUT2D eigenvalue weighted by Crippen LogP contribution is 2.29. The second-order valence-electron chi connectivity index (χ2n) is 4.77. The molecule has 0 fully saturated rings. The minimum atomic E-state index is -0.0750. The van der Waals surface area contributed by atoms with Gasteiger partial charge < -0.3 is 19.9 Å². The molecule has 2 N–H and O–H groups in total. The Morgan fingerprint density at radius 2 is 1.52 bits per heavy atom. The highest BCUT2D eigenvalue weighted by atomic mass is 16.5. The Kier molecular flexibility index (Phi) is 5.06. The van der Waals surface area contributed by atoms with Crippen molar-refractivity contribution < 1.29 is 14.2 Å². The molecule has 0 spiro atoms. The molecule has 0 saturated carbocycles. The summed E-state index contributed by atoms with van der Waals surface area (Å²) in [6, 6.07) is 13.6. The highest BCUT2D eigenvalue weighted by molar-refractivity contribution is 5.43. The molecule has 0 aliphatic rings. The number of hydrogen-bond acceptors (Lipinski definition) is 4. The molecule has 0 bridgehead atoms. The van der Waals surface area contributed by atoms with E-state index >= 15 is 0 Å². The Labute approximate surface area is 125 Å². The van der Waals surface area contributed by atoms with Crippen LogP contribution in [0.5, 0.6) is 17.2 Å². The van der Waals surface area contributed by atoms with Gasteiger partial charge in [0.25, 0.3) is 0 Å². The quantitative estimate of drug-likeness (QED) is 0.887. The molecule has 112 valence electrons.